The third-order valence-electron chi connectivity index (χ3n) is 3.95. The van der Waals surface area contributed by atoms with E-state index in [1.165, 1.54) is 29.5 Å². The molecule has 0 fully saturated rings. The predicted molar refractivity (Wildman–Crippen MR) is 83.9 cm³/mol. The standard InChI is InChI=1S/C15H15Br2N/c16-9-15(10-17)7-3-6-14-12(15)8-11-4-1-2-5-13(11)18-14/h1-2,4-5,8H,3,6-7,9-10H2. The summed E-state index contributed by atoms with van der Waals surface area (Å²) >= 11 is 7.41. The van der Waals surface area contributed by atoms with Gasteiger partial charge in [-0.3, -0.25) is 4.98 Å². The third kappa shape index (κ3) is 1.92. The number of rotatable bonds is 2. The number of fused-ring (bicyclic) bond motifs is 2. The lowest BCUT2D eigenvalue weighted by atomic mass is 9.74. The Morgan fingerprint density at radius 3 is 2.72 bits per heavy atom. The Hall–Kier alpha value is -0.410. The van der Waals surface area contributed by atoms with Crippen LogP contribution in [0.15, 0.2) is 30.3 Å². The Kier molecular flexibility index (Phi) is 3.46. The maximum absolute atomic E-state index is 4.87. The molecule has 3 rings (SSSR count). The van der Waals surface area contributed by atoms with Crippen LogP contribution >= 0.6 is 31.9 Å². The predicted octanol–water partition coefficient (Wildman–Crippen LogP) is 4.60. The van der Waals surface area contributed by atoms with E-state index in [0.717, 1.165) is 22.6 Å². The van der Waals surface area contributed by atoms with Gasteiger partial charge in [0.1, 0.15) is 0 Å². The number of hydrogen-bond donors (Lipinski definition) is 0. The number of benzene rings is 1. The van der Waals surface area contributed by atoms with Gasteiger partial charge >= 0.3 is 0 Å². The summed E-state index contributed by atoms with van der Waals surface area (Å²) < 4.78 is 0. The summed E-state index contributed by atoms with van der Waals surface area (Å²) in [7, 11) is 0. The van der Waals surface area contributed by atoms with Crippen molar-refractivity contribution in [1.82, 2.24) is 4.98 Å². The van der Waals surface area contributed by atoms with Gasteiger partial charge in [-0.15, -0.1) is 0 Å². The molecule has 0 saturated heterocycles. The van der Waals surface area contributed by atoms with Crippen LogP contribution in [0.2, 0.25) is 0 Å². The van der Waals surface area contributed by atoms with Crippen LogP contribution in [-0.2, 0) is 11.8 Å². The fourth-order valence-electron chi connectivity index (χ4n) is 2.85. The zero-order chi connectivity index (χ0) is 12.6. The lowest BCUT2D eigenvalue weighted by molar-refractivity contribution is 0.448. The van der Waals surface area contributed by atoms with Crippen LogP contribution in [0.1, 0.15) is 24.1 Å². The maximum atomic E-state index is 4.87. The zero-order valence-electron chi connectivity index (χ0n) is 10.1. The van der Waals surface area contributed by atoms with E-state index in [0.29, 0.717) is 0 Å². The molecular weight excluding hydrogens is 354 g/mol. The van der Waals surface area contributed by atoms with Gasteiger partial charge in [0.2, 0.25) is 0 Å². The molecule has 1 aromatic heterocycles. The van der Waals surface area contributed by atoms with Crippen LogP contribution in [0.3, 0.4) is 0 Å². The molecule has 18 heavy (non-hydrogen) atoms. The Balaban J connectivity index is 2.25. The molecule has 0 atom stereocenters. The van der Waals surface area contributed by atoms with Gasteiger partial charge in [-0.1, -0.05) is 50.1 Å². The third-order valence-corrected chi connectivity index (χ3v) is 6.10. The summed E-state index contributed by atoms with van der Waals surface area (Å²) in [5, 5.41) is 3.25. The Morgan fingerprint density at radius 1 is 1.17 bits per heavy atom. The highest BCUT2D eigenvalue weighted by Crippen LogP contribution is 2.40. The van der Waals surface area contributed by atoms with E-state index in [9.17, 15) is 0 Å². The molecule has 0 saturated carbocycles. The SMILES string of the molecule is BrCC1(CBr)CCCc2nc3ccccc3cc21. The number of hydrogen-bond acceptors (Lipinski definition) is 1. The average molecular weight is 369 g/mol. The molecule has 1 aliphatic rings. The van der Waals surface area contributed by atoms with Crippen molar-refractivity contribution < 1.29 is 0 Å². The van der Waals surface area contributed by atoms with E-state index < -0.39 is 0 Å². The molecule has 0 N–H and O–H groups in total. The lowest BCUT2D eigenvalue weighted by Crippen LogP contribution is -2.35. The summed E-state index contributed by atoms with van der Waals surface area (Å²) in [6.45, 7) is 0. The van der Waals surface area contributed by atoms with Crippen LogP contribution < -0.4 is 0 Å². The molecule has 3 heteroatoms. The van der Waals surface area contributed by atoms with Gasteiger partial charge < -0.3 is 0 Å². The van der Waals surface area contributed by atoms with Crippen LogP contribution in [-0.4, -0.2) is 15.6 Å². The Bertz CT molecular complexity index is 576. The molecule has 0 amide bonds. The van der Waals surface area contributed by atoms with Gasteiger partial charge in [0, 0.05) is 27.2 Å². The van der Waals surface area contributed by atoms with E-state index in [-0.39, 0.29) is 5.41 Å². The summed E-state index contributed by atoms with van der Waals surface area (Å²) in [6, 6.07) is 10.8. The first-order chi connectivity index (χ1) is 8.79. The number of aromatic nitrogens is 1. The highest BCUT2D eigenvalue weighted by atomic mass is 79.9. The first-order valence-corrected chi connectivity index (χ1v) is 8.54. The molecule has 0 unspecified atom stereocenters. The quantitative estimate of drug-likeness (QED) is 0.706. The van der Waals surface area contributed by atoms with E-state index in [1.54, 1.807) is 0 Å². The normalized spacial score (nSPS) is 17.7. The number of aryl methyl sites for hydroxylation is 1. The summed E-state index contributed by atoms with van der Waals surface area (Å²) in [5.74, 6) is 0. The zero-order valence-corrected chi connectivity index (χ0v) is 13.3. The molecule has 0 aliphatic heterocycles. The topological polar surface area (TPSA) is 12.9 Å². The monoisotopic (exact) mass is 367 g/mol. The molecule has 94 valence electrons. The van der Waals surface area contributed by atoms with Gasteiger partial charge in [-0.2, -0.15) is 0 Å². The Morgan fingerprint density at radius 2 is 1.94 bits per heavy atom. The van der Waals surface area contributed by atoms with Gasteiger partial charge in [0.25, 0.3) is 0 Å². The van der Waals surface area contributed by atoms with Gasteiger partial charge in [-0.25, -0.2) is 0 Å². The molecule has 0 bridgehead atoms. The highest BCUT2D eigenvalue weighted by molar-refractivity contribution is 9.09. The largest absolute Gasteiger partial charge is 0.253 e. The van der Waals surface area contributed by atoms with E-state index in [2.05, 4.69) is 62.2 Å². The van der Waals surface area contributed by atoms with E-state index in [4.69, 9.17) is 4.98 Å². The Labute approximate surface area is 124 Å². The van der Waals surface area contributed by atoms with E-state index in [1.807, 2.05) is 0 Å². The second-order valence-corrected chi connectivity index (χ2v) is 6.20. The maximum Gasteiger partial charge on any atom is 0.0705 e. The van der Waals surface area contributed by atoms with Gasteiger partial charge in [-0.05, 0) is 37.0 Å². The van der Waals surface area contributed by atoms with Crippen molar-refractivity contribution in [2.75, 3.05) is 10.7 Å². The fourth-order valence-corrected chi connectivity index (χ4v) is 4.94. The first kappa shape index (κ1) is 12.6. The molecule has 1 aliphatic carbocycles. The van der Waals surface area contributed by atoms with Crippen LogP contribution in [0.5, 0.6) is 0 Å². The minimum Gasteiger partial charge on any atom is -0.253 e. The number of pyridine rings is 1. The smallest absolute Gasteiger partial charge is 0.0705 e. The van der Waals surface area contributed by atoms with Crippen LogP contribution in [0.25, 0.3) is 10.9 Å². The van der Waals surface area contributed by atoms with Gasteiger partial charge in [0.15, 0.2) is 0 Å². The highest BCUT2D eigenvalue weighted by Gasteiger charge is 2.35. The summed E-state index contributed by atoms with van der Waals surface area (Å²) in [6.07, 6.45) is 3.58. The van der Waals surface area contributed by atoms with Crippen molar-refractivity contribution in [3.8, 4) is 0 Å². The van der Waals surface area contributed by atoms with Crippen molar-refractivity contribution in [3.05, 3.63) is 41.6 Å². The lowest BCUT2D eigenvalue weighted by Gasteiger charge is -2.36. The van der Waals surface area contributed by atoms with Crippen LogP contribution in [0, 0.1) is 0 Å². The summed E-state index contributed by atoms with van der Waals surface area (Å²) in [5.41, 5.74) is 4.06. The molecular formula is C15H15Br2N. The van der Waals surface area contributed by atoms with Crippen molar-refractivity contribution in [2.24, 2.45) is 0 Å². The minimum atomic E-state index is 0.213. The molecule has 1 aromatic carbocycles. The molecule has 1 heterocycles. The number of alkyl halides is 2. The number of nitrogens with zero attached hydrogens (tertiary/aromatic N) is 1. The average Bonchev–Trinajstić information content (AvgIpc) is 2.44. The second-order valence-electron chi connectivity index (χ2n) is 5.08. The van der Waals surface area contributed by atoms with Crippen molar-refractivity contribution >= 4 is 42.8 Å². The summed E-state index contributed by atoms with van der Waals surface area (Å²) in [4.78, 5) is 4.87. The first-order valence-electron chi connectivity index (χ1n) is 6.30. The number of para-hydroxylation sites is 1. The van der Waals surface area contributed by atoms with Crippen LogP contribution in [0.4, 0.5) is 0 Å². The number of halogens is 2. The molecule has 0 radical (unpaired) electrons. The second kappa shape index (κ2) is 4.93. The van der Waals surface area contributed by atoms with Gasteiger partial charge in [0.05, 0.1) is 5.52 Å². The van der Waals surface area contributed by atoms with Crippen molar-refractivity contribution in [2.45, 2.75) is 24.7 Å². The van der Waals surface area contributed by atoms with Crippen molar-refractivity contribution in [1.29, 1.82) is 0 Å². The minimum absolute atomic E-state index is 0.213. The molecule has 2 aromatic rings. The molecule has 0 spiro atoms. The van der Waals surface area contributed by atoms with Crippen molar-refractivity contribution in [3.63, 3.8) is 0 Å². The fraction of sp³-hybridized carbons (Fsp3) is 0.400. The van der Waals surface area contributed by atoms with E-state index >= 15 is 0 Å². The molecule has 1 nitrogen and oxygen atoms in total.